The predicted molar refractivity (Wildman–Crippen MR) is 116 cm³/mol. The molecular weight excluding hydrogens is 360 g/mol. The highest BCUT2D eigenvalue weighted by molar-refractivity contribution is 6.00. The van der Waals surface area contributed by atoms with Crippen LogP contribution in [0, 0.1) is 11.3 Å². The summed E-state index contributed by atoms with van der Waals surface area (Å²) in [6.07, 6.45) is 7.59. The van der Waals surface area contributed by atoms with Crippen LogP contribution >= 0.6 is 0 Å². The van der Waals surface area contributed by atoms with Gasteiger partial charge in [0.1, 0.15) is 11.7 Å². The van der Waals surface area contributed by atoms with Crippen LogP contribution in [0.25, 0.3) is 33.1 Å². The number of anilines is 1. The van der Waals surface area contributed by atoms with Gasteiger partial charge in [0.2, 0.25) is 0 Å². The van der Waals surface area contributed by atoms with Crippen molar-refractivity contribution in [3.8, 4) is 17.2 Å². The largest absolute Gasteiger partial charge is 0.381 e. The van der Waals surface area contributed by atoms with Gasteiger partial charge in [-0.15, -0.1) is 0 Å². The van der Waals surface area contributed by atoms with Crippen LogP contribution in [0.4, 0.5) is 5.69 Å². The van der Waals surface area contributed by atoms with Gasteiger partial charge in [0.05, 0.1) is 16.8 Å². The van der Waals surface area contributed by atoms with Gasteiger partial charge < -0.3 is 15.2 Å². The van der Waals surface area contributed by atoms with Gasteiger partial charge in [-0.3, -0.25) is 4.98 Å². The van der Waals surface area contributed by atoms with Crippen molar-refractivity contribution in [3.05, 3.63) is 54.5 Å². The first-order valence-corrected chi connectivity index (χ1v) is 9.93. The summed E-state index contributed by atoms with van der Waals surface area (Å²) in [6, 6.07) is 12.9. The normalized spacial score (nSPS) is 15.6. The van der Waals surface area contributed by atoms with E-state index in [-0.39, 0.29) is 0 Å². The predicted octanol–water partition coefficient (Wildman–Crippen LogP) is 4.16. The standard InChI is InChI=1S/C23H22N6/c1-29-9-6-17(7-10-29)28-22-16(12-24)13-26-21-5-4-15(11-19(21)22)20-14-27-23-18(20)3-2-8-25-23/h2-5,8,11,13-14,17H,6-7,9-10H2,1H3,(H,25,27)(H,26,28). The van der Waals surface area contributed by atoms with Crippen molar-refractivity contribution in [1.29, 1.82) is 5.26 Å². The van der Waals surface area contributed by atoms with E-state index in [4.69, 9.17) is 0 Å². The lowest BCUT2D eigenvalue weighted by atomic mass is 10.00. The Morgan fingerprint density at radius 1 is 1.17 bits per heavy atom. The molecule has 29 heavy (non-hydrogen) atoms. The molecule has 0 spiro atoms. The number of piperidine rings is 1. The molecule has 4 aromatic rings. The van der Waals surface area contributed by atoms with Crippen molar-refractivity contribution in [2.45, 2.75) is 18.9 Å². The minimum Gasteiger partial charge on any atom is -0.381 e. The van der Waals surface area contributed by atoms with E-state index in [1.54, 1.807) is 12.4 Å². The highest BCUT2D eigenvalue weighted by Crippen LogP contribution is 2.34. The van der Waals surface area contributed by atoms with E-state index >= 15 is 0 Å². The molecule has 6 nitrogen and oxygen atoms in total. The van der Waals surface area contributed by atoms with E-state index in [1.807, 2.05) is 18.3 Å². The highest BCUT2D eigenvalue weighted by Gasteiger charge is 2.19. The number of nitrogens with one attached hydrogen (secondary N) is 2. The van der Waals surface area contributed by atoms with Gasteiger partial charge >= 0.3 is 0 Å². The fourth-order valence-corrected chi connectivity index (χ4v) is 4.15. The van der Waals surface area contributed by atoms with Gasteiger partial charge in [-0.2, -0.15) is 5.26 Å². The number of pyridine rings is 2. The Balaban J connectivity index is 1.61. The van der Waals surface area contributed by atoms with Crippen LogP contribution < -0.4 is 5.32 Å². The average Bonchev–Trinajstić information content (AvgIpc) is 3.19. The molecule has 0 saturated carbocycles. The molecule has 1 aromatic carbocycles. The Morgan fingerprint density at radius 3 is 2.86 bits per heavy atom. The first-order valence-electron chi connectivity index (χ1n) is 9.93. The molecule has 0 bridgehead atoms. The number of fused-ring (bicyclic) bond motifs is 2. The number of aromatic nitrogens is 3. The van der Waals surface area contributed by atoms with Crippen LogP contribution in [0.1, 0.15) is 18.4 Å². The van der Waals surface area contributed by atoms with E-state index in [0.717, 1.165) is 64.7 Å². The summed E-state index contributed by atoms with van der Waals surface area (Å²) in [5.74, 6) is 0. The van der Waals surface area contributed by atoms with Crippen molar-refractivity contribution < 1.29 is 0 Å². The minimum atomic E-state index is 0.366. The molecular formula is C23H22N6. The summed E-state index contributed by atoms with van der Waals surface area (Å²) in [5.41, 5.74) is 5.43. The van der Waals surface area contributed by atoms with Crippen LogP contribution in [0.3, 0.4) is 0 Å². The SMILES string of the molecule is CN1CCC(Nc2c(C#N)cnc3ccc(-c4c[nH]c5ncccc45)cc23)CC1. The number of likely N-dealkylation sites (tertiary alicyclic amines) is 1. The maximum atomic E-state index is 9.69. The average molecular weight is 382 g/mol. The Bertz CT molecular complexity index is 1230. The van der Waals surface area contributed by atoms with Crippen LogP contribution in [0.15, 0.2) is 48.9 Å². The maximum absolute atomic E-state index is 9.69. The molecule has 1 fully saturated rings. The molecule has 1 aliphatic rings. The third-order valence-electron chi connectivity index (χ3n) is 5.82. The molecule has 5 rings (SSSR count). The third-order valence-corrected chi connectivity index (χ3v) is 5.82. The van der Waals surface area contributed by atoms with E-state index in [1.165, 1.54) is 0 Å². The van der Waals surface area contributed by atoms with E-state index < -0.39 is 0 Å². The zero-order valence-corrected chi connectivity index (χ0v) is 16.3. The van der Waals surface area contributed by atoms with Gasteiger partial charge in [-0.25, -0.2) is 4.98 Å². The van der Waals surface area contributed by atoms with E-state index in [2.05, 4.69) is 56.5 Å². The van der Waals surface area contributed by atoms with Crippen LogP contribution in [0.2, 0.25) is 0 Å². The second kappa shape index (κ2) is 7.19. The van der Waals surface area contributed by atoms with Gasteiger partial charge in [0.15, 0.2) is 0 Å². The lowest BCUT2D eigenvalue weighted by molar-refractivity contribution is 0.264. The van der Waals surface area contributed by atoms with Crippen LogP contribution in [-0.4, -0.2) is 46.0 Å². The Labute approximate surface area is 169 Å². The van der Waals surface area contributed by atoms with Crippen LogP contribution in [-0.2, 0) is 0 Å². The topological polar surface area (TPSA) is 80.6 Å². The minimum absolute atomic E-state index is 0.366. The van der Waals surface area contributed by atoms with Crippen molar-refractivity contribution >= 4 is 27.6 Å². The first kappa shape index (κ1) is 17.7. The third kappa shape index (κ3) is 3.20. The van der Waals surface area contributed by atoms with E-state index in [9.17, 15) is 5.26 Å². The van der Waals surface area contributed by atoms with Gasteiger partial charge in [0.25, 0.3) is 0 Å². The summed E-state index contributed by atoms with van der Waals surface area (Å²) in [4.78, 5) is 14.5. The summed E-state index contributed by atoms with van der Waals surface area (Å²) in [6.45, 7) is 2.13. The molecule has 1 saturated heterocycles. The Hall–Kier alpha value is -3.43. The Morgan fingerprint density at radius 2 is 2.03 bits per heavy atom. The maximum Gasteiger partial charge on any atom is 0.137 e. The zero-order valence-electron chi connectivity index (χ0n) is 16.3. The van der Waals surface area contributed by atoms with Crippen LogP contribution in [0.5, 0.6) is 0 Å². The van der Waals surface area contributed by atoms with Crippen molar-refractivity contribution in [2.75, 3.05) is 25.5 Å². The molecule has 144 valence electrons. The quantitative estimate of drug-likeness (QED) is 0.556. The second-order valence-corrected chi connectivity index (χ2v) is 7.71. The number of H-pyrrole nitrogens is 1. The molecule has 3 aromatic heterocycles. The number of benzene rings is 1. The summed E-state index contributed by atoms with van der Waals surface area (Å²) < 4.78 is 0. The van der Waals surface area contributed by atoms with Gasteiger partial charge in [-0.1, -0.05) is 6.07 Å². The Kier molecular flexibility index (Phi) is 4.38. The van der Waals surface area contributed by atoms with E-state index in [0.29, 0.717) is 11.6 Å². The summed E-state index contributed by atoms with van der Waals surface area (Å²) >= 11 is 0. The molecule has 1 aliphatic heterocycles. The number of rotatable bonds is 3. The summed E-state index contributed by atoms with van der Waals surface area (Å²) in [5, 5.41) is 15.4. The number of nitriles is 1. The molecule has 0 radical (unpaired) electrons. The van der Waals surface area contributed by atoms with Gasteiger partial charge in [-0.05, 0) is 62.8 Å². The molecule has 0 amide bonds. The number of hydrogen-bond acceptors (Lipinski definition) is 5. The molecule has 6 heteroatoms. The lowest BCUT2D eigenvalue weighted by Gasteiger charge is -2.30. The van der Waals surface area contributed by atoms with Crippen molar-refractivity contribution in [2.24, 2.45) is 0 Å². The molecule has 2 N–H and O–H groups in total. The monoisotopic (exact) mass is 382 g/mol. The molecule has 0 unspecified atom stereocenters. The number of nitrogens with zero attached hydrogens (tertiary/aromatic N) is 4. The first-order chi connectivity index (χ1) is 14.2. The van der Waals surface area contributed by atoms with Crippen molar-refractivity contribution in [3.63, 3.8) is 0 Å². The smallest absolute Gasteiger partial charge is 0.137 e. The van der Waals surface area contributed by atoms with Gasteiger partial charge in [0, 0.05) is 41.0 Å². The summed E-state index contributed by atoms with van der Waals surface area (Å²) in [7, 11) is 2.15. The van der Waals surface area contributed by atoms with Crippen molar-refractivity contribution in [1.82, 2.24) is 19.9 Å². The molecule has 4 heterocycles. The fourth-order valence-electron chi connectivity index (χ4n) is 4.15. The highest BCUT2D eigenvalue weighted by atomic mass is 15.1. The molecule has 0 atom stereocenters. The number of hydrogen-bond donors (Lipinski definition) is 2. The molecule has 0 aliphatic carbocycles. The number of aromatic amines is 1. The fraction of sp³-hybridized carbons (Fsp3) is 0.261. The zero-order chi connectivity index (χ0) is 19.8. The second-order valence-electron chi connectivity index (χ2n) is 7.71. The lowest BCUT2D eigenvalue weighted by Crippen LogP contribution is -2.36.